The van der Waals surface area contributed by atoms with Crippen LogP contribution in [-0.2, 0) is 0 Å². The van der Waals surface area contributed by atoms with E-state index in [4.69, 9.17) is 10.8 Å². The number of rotatable bonds is 1. The third-order valence-corrected chi connectivity index (χ3v) is 0.241. The van der Waals surface area contributed by atoms with Crippen molar-refractivity contribution in [2.45, 2.75) is 0 Å². The average Bonchev–Trinajstić information content (AvgIpc) is 1.41. The van der Waals surface area contributed by atoms with E-state index < -0.39 is 0 Å². The Morgan fingerprint density at radius 2 is 2.40 bits per heavy atom. The summed E-state index contributed by atoms with van der Waals surface area (Å²) in [7, 11) is 0. The molecule has 0 aromatic heterocycles. The fourth-order valence-electron chi connectivity index (χ4n) is 0.0609. The summed E-state index contributed by atoms with van der Waals surface area (Å²) in [5.41, 5.74) is 4.89. The van der Waals surface area contributed by atoms with Crippen molar-refractivity contribution in [2.75, 3.05) is 6.54 Å². The fraction of sp³-hybridized carbons (Fsp3) is 0.333. The molecule has 0 aromatic rings. The van der Waals surface area contributed by atoms with Gasteiger partial charge in [0.2, 0.25) is 0 Å². The highest BCUT2D eigenvalue weighted by molar-refractivity contribution is 4.70. The maximum absolute atomic E-state index is 7.81. The van der Waals surface area contributed by atoms with Crippen molar-refractivity contribution >= 4 is 0 Å². The molecule has 0 spiro atoms. The number of nitrogens with two attached hydrogens (primary N) is 1. The zero-order valence-electron chi connectivity index (χ0n) is 2.89. The second-order valence-electron chi connectivity index (χ2n) is 0.620. The van der Waals surface area contributed by atoms with Crippen LogP contribution in [0.2, 0.25) is 0 Å². The van der Waals surface area contributed by atoms with Crippen molar-refractivity contribution in [3.05, 3.63) is 12.3 Å². The summed E-state index contributed by atoms with van der Waals surface area (Å²) < 4.78 is 0. The lowest BCUT2D eigenvalue weighted by atomic mass is 10.6. The van der Waals surface area contributed by atoms with Crippen LogP contribution in [0, 0.1) is 0 Å². The molecule has 5 heavy (non-hydrogen) atoms. The standard InChI is InChI=1S/C3H7NO/c4-2-1-3-5/h1,3,5H,2,4H2. The van der Waals surface area contributed by atoms with E-state index in [1.807, 2.05) is 0 Å². The highest BCUT2D eigenvalue weighted by Crippen LogP contribution is 1.52. The van der Waals surface area contributed by atoms with E-state index in [2.05, 4.69) is 0 Å². The maximum atomic E-state index is 7.81. The molecule has 0 bridgehead atoms. The second kappa shape index (κ2) is 3.50. The highest BCUT2D eigenvalue weighted by Gasteiger charge is 1.52. The third-order valence-electron chi connectivity index (χ3n) is 0.241. The zero-order valence-corrected chi connectivity index (χ0v) is 2.89. The summed E-state index contributed by atoms with van der Waals surface area (Å²) in [5.74, 6) is 0. The first-order valence-electron chi connectivity index (χ1n) is 1.41. The average molecular weight is 73.1 g/mol. The van der Waals surface area contributed by atoms with E-state index in [-0.39, 0.29) is 0 Å². The van der Waals surface area contributed by atoms with Gasteiger partial charge in [-0.25, -0.2) is 0 Å². The van der Waals surface area contributed by atoms with Gasteiger partial charge in [0.1, 0.15) is 0 Å². The lowest BCUT2D eigenvalue weighted by Crippen LogP contribution is -1.91. The van der Waals surface area contributed by atoms with Gasteiger partial charge in [-0.15, -0.1) is 0 Å². The summed E-state index contributed by atoms with van der Waals surface area (Å²) in [6.45, 7) is 0.413. The fourth-order valence-corrected chi connectivity index (χ4v) is 0.0609. The van der Waals surface area contributed by atoms with Crippen molar-refractivity contribution in [1.82, 2.24) is 0 Å². The normalized spacial score (nSPS) is 9.80. The van der Waals surface area contributed by atoms with E-state index in [1.165, 1.54) is 6.08 Å². The lowest BCUT2D eigenvalue weighted by molar-refractivity contribution is 0.472. The predicted molar refractivity (Wildman–Crippen MR) is 20.8 cm³/mol. The molecule has 30 valence electrons. The van der Waals surface area contributed by atoms with Crippen molar-refractivity contribution in [3.8, 4) is 0 Å². The molecular formula is C3H7NO. The van der Waals surface area contributed by atoms with E-state index >= 15 is 0 Å². The van der Waals surface area contributed by atoms with Gasteiger partial charge in [-0.1, -0.05) is 0 Å². The summed E-state index contributed by atoms with van der Waals surface area (Å²) in [4.78, 5) is 0. The zero-order chi connectivity index (χ0) is 4.12. The van der Waals surface area contributed by atoms with Crippen molar-refractivity contribution in [1.29, 1.82) is 0 Å². The van der Waals surface area contributed by atoms with Crippen LogP contribution in [0.1, 0.15) is 0 Å². The summed E-state index contributed by atoms with van der Waals surface area (Å²) in [5, 5.41) is 7.81. The molecule has 0 atom stereocenters. The number of hydrogen-bond acceptors (Lipinski definition) is 2. The third kappa shape index (κ3) is 3.50. The van der Waals surface area contributed by atoms with E-state index in [0.29, 0.717) is 6.54 Å². The second-order valence-corrected chi connectivity index (χ2v) is 0.620. The minimum absolute atomic E-state index is 0.413. The quantitative estimate of drug-likeness (QED) is 0.430. The predicted octanol–water partition coefficient (Wildman–Crippen LogP) is 0.0168. The van der Waals surface area contributed by atoms with Crippen molar-refractivity contribution in [3.63, 3.8) is 0 Å². The maximum Gasteiger partial charge on any atom is 0.0764 e. The van der Waals surface area contributed by atoms with Crippen LogP contribution < -0.4 is 5.73 Å². The Bertz CT molecular complexity index is 33.9. The van der Waals surface area contributed by atoms with Crippen LogP contribution in [-0.4, -0.2) is 11.7 Å². The first-order valence-corrected chi connectivity index (χ1v) is 1.41. The minimum atomic E-state index is 0.413. The Morgan fingerprint density at radius 3 is 2.40 bits per heavy atom. The molecule has 2 nitrogen and oxygen atoms in total. The van der Waals surface area contributed by atoms with Gasteiger partial charge in [-0.3, -0.25) is 0 Å². The largest absolute Gasteiger partial charge is 0.516 e. The molecular weight excluding hydrogens is 66.0 g/mol. The Labute approximate surface area is 30.9 Å². The molecule has 0 rings (SSSR count). The van der Waals surface area contributed by atoms with Gasteiger partial charge in [-0.2, -0.15) is 0 Å². The Balaban J connectivity index is 2.62. The minimum Gasteiger partial charge on any atom is -0.516 e. The number of aliphatic hydroxyl groups excluding tert-OH is 1. The van der Waals surface area contributed by atoms with Gasteiger partial charge in [0.15, 0.2) is 0 Å². The van der Waals surface area contributed by atoms with Crippen LogP contribution in [0.5, 0.6) is 0 Å². The number of aliphatic hydroxyl groups is 1. The summed E-state index contributed by atoms with van der Waals surface area (Å²) in [6.07, 6.45) is 2.39. The van der Waals surface area contributed by atoms with Crippen LogP contribution in [0.4, 0.5) is 0 Å². The molecule has 0 heterocycles. The van der Waals surface area contributed by atoms with Crippen LogP contribution in [0.25, 0.3) is 0 Å². The smallest absolute Gasteiger partial charge is 0.0764 e. The Kier molecular flexibility index (Phi) is 3.15. The van der Waals surface area contributed by atoms with Gasteiger partial charge in [-0.05, 0) is 6.08 Å². The first-order chi connectivity index (χ1) is 2.41. The molecule has 0 aliphatic carbocycles. The molecule has 0 radical (unpaired) electrons. The topological polar surface area (TPSA) is 46.2 Å². The summed E-state index contributed by atoms with van der Waals surface area (Å²) in [6, 6.07) is 0. The molecule has 0 aromatic carbocycles. The molecule has 0 aliphatic heterocycles. The van der Waals surface area contributed by atoms with Gasteiger partial charge in [0.25, 0.3) is 0 Å². The molecule has 3 N–H and O–H groups in total. The van der Waals surface area contributed by atoms with E-state index in [9.17, 15) is 0 Å². The Morgan fingerprint density at radius 1 is 1.80 bits per heavy atom. The van der Waals surface area contributed by atoms with Crippen LogP contribution in [0.3, 0.4) is 0 Å². The molecule has 0 amide bonds. The van der Waals surface area contributed by atoms with E-state index in [0.717, 1.165) is 6.26 Å². The summed E-state index contributed by atoms with van der Waals surface area (Å²) >= 11 is 0. The first kappa shape index (κ1) is 4.50. The van der Waals surface area contributed by atoms with E-state index in [1.54, 1.807) is 0 Å². The SMILES string of the molecule is NCC=CO. The number of hydrogen-bond donors (Lipinski definition) is 2. The van der Waals surface area contributed by atoms with Crippen molar-refractivity contribution < 1.29 is 5.11 Å². The van der Waals surface area contributed by atoms with Gasteiger partial charge in [0, 0.05) is 6.54 Å². The van der Waals surface area contributed by atoms with Crippen LogP contribution >= 0.6 is 0 Å². The van der Waals surface area contributed by atoms with Gasteiger partial charge < -0.3 is 10.8 Å². The molecule has 0 unspecified atom stereocenters. The van der Waals surface area contributed by atoms with Crippen LogP contribution in [0.15, 0.2) is 12.3 Å². The molecule has 0 fully saturated rings. The van der Waals surface area contributed by atoms with Gasteiger partial charge >= 0.3 is 0 Å². The molecule has 0 saturated heterocycles. The monoisotopic (exact) mass is 73.1 g/mol. The molecule has 0 saturated carbocycles. The lowest BCUT2D eigenvalue weighted by Gasteiger charge is -1.67. The Hall–Kier alpha value is -0.500. The van der Waals surface area contributed by atoms with Gasteiger partial charge in [0.05, 0.1) is 6.26 Å². The highest BCUT2D eigenvalue weighted by atomic mass is 16.2. The van der Waals surface area contributed by atoms with Crippen molar-refractivity contribution in [2.24, 2.45) is 5.73 Å². The molecule has 2 heteroatoms. The molecule has 0 aliphatic rings.